The van der Waals surface area contributed by atoms with Crippen LogP contribution in [0.1, 0.15) is 12.5 Å². The van der Waals surface area contributed by atoms with Crippen LogP contribution < -0.4 is 4.74 Å². The summed E-state index contributed by atoms with van der Waals surface area (Å²) in [4.78, 5) is 0. The molecule has 0 amide bonds. The van der Waals surface area contributed by atoms with Gasteiger partial charge in [-0.2, -0.15) is 4.68 Å². The number of rotatable bonds is 4. The molecule has 0 atom stereocenters. The van der Waals surface area contributed by atoms with Gasteiger partial charge in [-0.1, -0.05) is 13.0 Å². The van der Waals surface area contributed by atoms with Gasteiger partial charge in [-0.05, 0) is 35.0 Å². The third-order valence-corrected chi connectivity index (χ3v) is 3.19. The number of aryl methyl sites for hydroxylation is 1. The van der Waals surface area contributed by atoms with E-state index in [4.69, 9.17) is 9.47 Å². The summed E-state index contributed by atoms with van der Waals surface area (Å²) in [5.41, 5.74) is 2.10. The summed E-state index contributed by atoms with van der Waals surface area (Å²) in [6, 6.07) is 5.98. The summed E-state index contributed by atoms with van der Waals surface area (Å²) in [6.45, 7) is 6.31. The molecule has 6 heteroatoms. The fraction of sp³-hybridized carbons (Fsp3) is 0.462. The first kappa shape index (κ1) is 12.1. The molecule has 1 aliphatic rings. The lowest BCUT2D eigenvalue weighted by Crippen LogP contribution is -2.44. The predicted molar refractivity (Wildman–Crippen MR) is 68.3 cm³/mol. The first-order chi connectivity index (χ1) is 9.16. The van der Waals surface area contributed by atoms with E-state index in [1.165, 1.54) is 0 Å². The zero-order chi connectivity index (χ0) is 13.3. The first-order valence-corrected chi connectivity index (χ1v) is 6.21. The Kier molecular flexibility index (Phi) is 2.94. The Bertz CT molecular complexity index is 564. The first-order valence-electron chi connectivity index (χ1n) is 6.21. The van der Waals surface area contributed by atoms with Crippen LogP contribution in [0, 0.1) is 12.3 Å². The van der Waals surface area contributed by atoms with Crippen molar-refractivity contribution in [1.82, 2.24) is 20.2 Å². The minimum Gasteiger partial charge on any atom is -0.491 e. The zero-order valence-electron chi connectivity index (χ0n) is 11.0. The van der Waals surface area contributed by atoms with E-state index in [0.29, 0.717) is 6.61 Å². The molecule has 1 saturated heterocycles. The van der Waals surface area contributed by atoms with Gasteiger partial charge < -0.3 is 9.47 Å². The molecule has 0 saturated carbocycles. The Hall–Kier alpha value is -1.95. The summed E-state index contributed by atoms with van der Waals surface area (Å²) in [5.74, 6) is 0.783. The molecule has 1 aromatic carbocycles. The van der Waals surface area contributed by atoms with Crippen LogP contribution in [0.3, 0.4) is 0 Å². The average molecular weight is 260 g/mol. The van der Waals surface area contributed by atoms with Crippen LogP contribution in [0.25, 0.3) is 5.69 Å². The molecule has 19 heavy (non-hydrogen) atoms. The molecule has 1 aliphatic heterocycles. The molecule has 2 aromatic rings. The Labute approximate surface area is 111 Å². The van der Waals surface area contributed by atoms with Gasteiger partial charge in [-0.15, -0.1) is 5.10 Å². The van der Waals surface area contributed by atoms with Gasteiger partial charge >= 0.3 is 0 Å². The lowest BCUT2D eigenvalue weighted by molar-refractivity contribution is -0.120. The molecule has 0 N–H and O–H groups in total. The van der Waals surface area contributed by atoms with Gasteiger partial charge in [0.05, 0.1) is 19.8 Å². The minimum absolute atomic E-state index is 0.114. The Morgan fingerprint density at radius 3 is 2.89 bits per heavy atom. The van der Waals surface area contributed by atoms with Crippen molar-refractivity contribution in [2.24, 2.45) is 5.41 Å². The average Bonchev–Trinajstić information content (AvgIpc) is 2.88. The highest BCUT2D eigenvalue weighted by Gasteiger charge is 2.34. The molecule has 100 valence electrons. The molecule has 6 nitrogen and oxygen atoms in total. The van der Waals surface area contributed by atoms with E-state index >= 15 is 0 Å². The van der Waals surface area contributed by atoms with E-state index in [1.54, 1.807) is 11.0 Å². The van der Waals surface area contributed by atoms with Crippen molar-refractivity contribution in [3.05, 3.63) is 30.1 Å². The molecule has 0 bridgehead atoms. The molecule has 2 heterocycles. The second-order valence-corrected chi connectivity index (χ2v) is 5.32. The fourth-order valence-corrected chi connectivity index (χ4v) is 1.99. The van der Waals surface area contributed by atoms with E-state index in [0.717, 1.165) is 30.2 Å². The summed E-state index contributed by atoms with van der Waals surface area (Å²) in [5, 5.41) is 11.2. The lowest BCUT2D eigenvalue weighted by atomic mass is 9.90. The van der Waals surface area contributed by atoms with Gasteiger partial charge in [-0.25, -0.2) is 0 Å². The Morgan fingerprint density at radius 2 is 2.26 bits per heavy atom. The van der Waals surface area contributed by atoms with E-state index in [1.807, 2.05) is 25.1 Å². The maximum Gasteiger partial charge on any atom is 0.145 e. The van der Waals surface area contributed by atoms with Gasteiger partial charge in [0.15, 0.2) is 0 Å². The SMILES string of the molecule is Cc1ccc(OCC2(C)COC2)c(-n2cnnn2)c1. The number of ether oxygens (including phenoxy) is 2. The van der Waals surface area contributed by atoms with E-state index in [-0.39, 0.29) is 5.41 Å². The van der Waals surface area contributed by atoms with Crippen LogP contribution in [0.2, 0.25) is 0 Å². The highest BCUT2D eigenvalue weighted by molar-refractivity contribution is 5.48. The second-order valence-electron chi connectivity index (χ2n) is 5.32. The highest BCUT2D eigenvalue weighted by atomic mass is 16.5. The number of tetrazole rings is 1. The maximum atomic E-state index is 5.93. The molecule has 1 fully saturated rings. The Balaban J connectivity index is 1.84. The van der Waals surface area contributed by atoms with E-state index in [9.17, 15) is 0 Å². The monoisotopic (exact) mass is 260 g/mol. The zero-order valence-corrected chi connectivity index (χ0v) is 11.0. The number of nitrogens with zero attached hydrogens (tertiary/aromatic N) is 4. The van der Waals surface area contributed by atoms with Crippen molar-refractivity contribution in [3.8, 4) is 11.4 Å². The summed E-state index contributed by atoms with van der Waals surface area (Å²) >= 11 is 0. The minimum atomic E-state index is 0.114. The largest absolute Gasteiger partial charge is 0.491 e. The van der Waals surface area contributed by atoms with Crippen molar-refractivity contribution in [2.45, 2.75) is 13.8 Å². The van der Waals surface area contributed by atoms with Crippen LogP contribution in [-0.4, -0.2) is 40.0 Å². The summed E-state index contributed by atoms with van der Waals surface area (Å²) < 4.78 is 12.8. The van der Waals surface area contributed by atoms with Gasteiger partial charge in [0.25, 0.3) is 0 Å². The molecule has 0 radical (unpaired) electrons. The molecule has 1 aromatic heterocycles. The second kappa shape index (κ2) is 4.62. The van der Waals surface area contributed by atoms with E-state index in [2.05, 4.69) is 22.4 Å². The third kappa shape index (κ3) is 2.44. The topological polar surface area (TPSA) is 62.1 Å². The smallest absolute Gasteiger partial charge is 0.145 e. The standard InChI is InChI=1S/C13H16N4O2/c1-10-3-4-12(19-8-13(2)6-18-7-13)11(5-10)17-9-14-15-16-17/h3-5,9H,6-8H2,1-2H3. The van der Waals surface area contributed by atoms with Gasteiger partial charge in [-0.3, -0.25) is 0 Å². The number of hydrogen-bond donors (Lipinski definition) is 0. The van der Waals surface area contributed by atoms with Crippen LogP contribution in [0.4, 0.5) is 0 Å². The van der Waals surface area contributed by atoms with Gasteiger partial charge in [0.2, 0.25) is 0 Å². The summed E-state index contributed by atoms with van der Waals surface area (Å²) in [7, 11) is 0. The predicted octanol–water partition coefficient (Wildman–Crippen LogP) is 1.39. The summed E-state index contributed by atoms with van der Waals surface area (Å²) in [6.07, 6.45) is 1.57. The number of benzene rings is 1. The van der Waals surface area contributed by atoms with E-state index < -0.39 is 0 Å². The van der Waals surface area contributed by atoms with Crippen LogP contribution in [0.5, 0.6) is 5.75 Å². The van der Waals surface area contributed by atoms with Crippen LogP contribution >= 0.6 is 0 Å². The van der Waals surface area contributed by atoms with Gasteiger partial charge in [0.1, 0.15) is 17.8 Å². The van der Waals surface area contributed by atoms with Crippen molar-refractivity contribution >= 4 is 0 Å². The fourth-order valence-electron chi connectivity index (χ4n) is 1.99. The molecular weight excluding hydrogens is 244 g/mol. The number of hydrogen-bond acceptors (Lipinski definition) is 5. The third-order valence-electron chi connectivity index (χ3n) is 3.19. The molecule has 0 spiro atoms. The van der Waals surface area contributed by atoms with Crippen molar-refractivity contribution in [1.29, 1.82) is 0 Å². The lowest BCUT2D eigenvalue weighted by Gasteiger charge is -2.37. The van der Waals surface area contributed by atoms with Gasteiger partial charge in [0, 0.05) is 5.41 Å². The number of aromatic nitrogens is 4. The molecular formula is C13H16N4O2. The van der Waals surface area contributed by atoms with Crippen molar-refractivity contribution in [2.75, 3.05) is 19.8 Å². The molecule has 0 unspecified atom stereocenters. The maximum absolute atomic E-state index is 5.93. The van der Waals surface area contributed by atoms with Crippen LogP contribution in [-0.2, 0) is 4.74 Å². The van der Waals surface area contributed by atoms with Crippen molar-refractivity contribution in [3.63, 3.8) is 0 Å². The molecule has 3 rings (SSSR count). The Morgan fingerprint density at radius 1 is 1.42 bits per heavy atom. The molecule has 0 aliphatic carbocycles. The van der Waals surface area contributed by atoms with Crippen LogP contribution in [0.15, 0.2) is 24.5 Å². The quantitative estimate of drug-likeness (QED) is 0.831. The highest BCUT2D eigenvalue weighted by Crippen LogP contribution is 2.30. The van der Waals surface area contributed by atoms with Crippen molar-refractivity contribution < 1.29 is 9.47 Å². The normalized spacial score (nSPS) is 16.9.